The summed E-state index contributed by atoms with van der Waals surface area (Å²) in [4.78, 5) is 13.2. The van der Waals surface area contributed by atoms with Crippen LogP contribution < -0.4 is 5.32 Å². The van der Waals surface area contributed by atoms with Gasteiger partial charge in [-0.1, -0.05) is 59.7 Å². The van der Waals surface area contributed by atoms with E-state index in [2.05, 4.69) is 46.9 Å². The van der Waals surface area contributed by atoms with Crippen molar-refractivity contribution in [3.63, 3.8) is 0 Å². The fourth-order valence-electron chi connectivity index (χ4n) is 2.58. The van der Waals surface area contributed by atoms with Crippen molar-refractivity contribution in [1.29, 1.82) is 0 Å². The van der Waals surface area contributed by atoms with Crippen molar-refractivity contribution >= 4 is 22.7 Å². The van der Waals surface area contributed by atoms with E-state index < -0.39 is 0 Å². The summed E-state index contributed by atoms with van der Waals surface area (Å²) in [5.41, 5.74) is 2.06. The lowest BCUT2D eigenvalue weighted by molar-refractivity contribution is 0.269. The number of hydrogen-bond donors (Lipinski definition) is 2. The summed E-state index contributed by atoms with van der Waals surface area (Å²) in [5.74, 6) is 0.327. The SMILES string of the molecule is CC(C)(C)c1cc(SC(=O)Nc2ccccc2)cc(C(C)(C)C)c1O. The predicted molar refractivity (Wildman–Crippen MR) is 107 cm³/mol. The molecule has 0 atom stereocenters. The van der Waals surface area contributed by atoms with Gasteiger partial charge in [0, 0.05) is 21.7 Å². The number of carbonyl (C=O) groups is 1. The smallest absolute Gasteiger partial charge is 0.288 e. The molecule has 0 saturated heterocycles. The summed E-state index contributed by atoms with van der Waals surface area (Å²) in [7, 11) is 0. The number of benzene rings is 2. The van der Waals surface area contributed by atoms with Crippen LogP contribution in [0.15, 0.2) is 47.4 Å². The third-order valence-corrected chi connectivity index (χ3v) is 4.69. The van der Waals surface area contributed by atoms with Crippen LogP contribution >= 0.6 is 11.8 Å². The van der Waals surface area contributed by atoms with Crippen molar-refractivity contribution < 1.29 is 9.90 Å². The van der Waals surface area contributed by atoms with Gasteiger partial charge in [0.15, 0.2) is 0 Å². The second kappa shape index (κ2) is 7.12. The number of nitrogens with one attached hydrogen (secondary N) is 1. The Kier molecular flexibility index (Phi) is 5.52. The lowest BCUT2D eigenvalue weighted by Gasteiger charge is -2.28. The van der Waals surface area contributed by atoms with E-state index >= 15 is 0 Å². The van der Waals surface area contributed by atoms with Gasteiger partial charge < -0.3 is 10.4 Å². The Balaban J connectivity index is 2.36. The van der Waals surface area contributed by atoms with Crippen LogP contribution in [0.5, 0.6) is 5.75 Å². The summed E-state index contributed by atoms with van der Waals surface area (Å²) in [6.07, 6.45) is 0. The molecule has 4 heteroatoms. The molecule has 25 heavy (non-hydrogen) atoms. The molecule has 0 radical (unpaired) electrons. The summed E-state index contributed by atoms with van der Waals surface area (Å²) in [5, 5.41) is 13.5. The molecule has 0 bridgehead atoms. The van der Waals surface area contributed by atoms with E-state index in [0.29, 0.717) is 5.75 Å². The van der Waals surface area contributed by atoms with Crippen LogP contribution in [0.3, 0.4) is 0 Å². The van der Waals surface area contributed by atoms with Crippen LogP contribution in [0.2, 0.25) is 0 Å². The number of rotatable bonds is 2. The molecule has 0 spiro atoms. The molecule has 0 unspecified atom stereocenters. The van der Waals surface area contributed by atoms with Gasteiger partial charge in [-0.15, -0.1) is 0 Å². The Morgan fingerprint density at radius 1 is 0.920 bits per heavy atom. The average Bonchev–Trinajstić information content (AvgIpc) is 2.47. The minimum atomic E-state index is -0.212. The normalized spacial score (nSPS) is 12.1. The highest BCUT2D eigenvalue weighted by Gasteiger charge is 2.27. The molecule has 0 aliphatic rings. The van der Waals surface area contributed by atoms with Crippen LogP contribution in [0.4, 0.5) is 10.5 Å². The molecule has 0 aliphatic heterocycles. The zero-order chi connectivity index (χ0) is 18.8. The van der Waals surface area contributed by atoms with Gasteiger partial charge in [0.2, 0.25) is 0 Å². The topological polar surface area (TPSA) is 49.3 Å². The van der Waals surface area contributed by atoms with E-state index in [4.69, 9.17) is 0 Å². The second-order valence-electron chi connectivity index (χ2n) is 8.25. The highest BCUT2D eigenvalue weighted by atomic mass is 32.2. The average molecular weight is 358 g/mol. The zero-order valence-electron chi connectivity index (χ0n) is 15.8. The molecule has 0 saturated carbocycles. The van der Waals surface area contributed by atoms with Crippen molar-refractivity contribution in [2.75, 3.05) is 5.32 Å². The number of thioether (sulfide) groups is 1. The highest BCUT2D eigenvalue weighted by Crippen LogP contribution is 2.41. The maximum Gasteiger partial charge on any atom is 0.288 e. The number of hydrogen-bond acceptors (Lipinski definition) is 3. The first-order valence-corrected chi connectivity index (χ1v) is 9.22. The van der Waals surface area contributed by atoms with E-state index in [0.717, 1.165) is 33.5 Å². The van der Waals surface area contributed by atoms with Gasteiger partial charge in [-0.05, 0) is 46.9 Å². The van der Waals surface area contributed by atoms with Crippen LogP contribution in [-0.2, 0) is 10.8 Å². The van der Waals surface area contributed by atoms with E-state index in [1.54, 1.807) is 0 Å². The van der Waals surface area contributed by atoms with Crippen molar-refractivity contribution in [1.82, 2.24) is 0 Å². The molecule has 1 amide bonds. The fourth-order valence-corrected chi connectivity index (χ4v) is 3.32. The molecule has 2 aromatic carbocycles. The summed E-state index contributed by atoms with van der Waals surface area (Å²) >= 11 is 1.15. The second-order valence-corrected chi connectivity index (χ2v) is 9.29. The molecule has 2 aromatic rings. The third kappa shape index (κ3) is 5.02. The van der Waals surface area contributed by atoms with Crippen molar-refractivity contribution in [3.05, 3.63) is 53.6 Å². The first kappa shape index (κ1) is 19.4. The number of amides is 1. The van der Waals surface area contributed by atoms with E-state index in [1.165, 1.54) is 0 Å². The summed E-state index contributed by atoms with van der Waals surface area (Å²) in [6.45, 7) is 12.4. The standard InChI is InChI=1S/C21H27NO2S/c1-20(2,3)16-12-15(13-17(18(16)23)21(4,5)6)25-19(24)22-14-10-8-7-9-11-14/h7-13,23H,1-6H3,(H,22,24). The quantitative estimate of drug-likeness (QED) is 0.619. The van der Waals surface area contributed by atoms with E-state index in [1.807, 2.05) is 42.5 Å². The number of anilines is 1. The van der Waals surface area contributed by atoms with Crippen molar-refractivity contribution in [2.45, 2.75) is 57.3 Å². The van der Waals surface area contributed by atoms with Crippen LogP contribution in [0.25, 0.3) is 0 Å². The van der Waals surface area contributed by atoms with Gasteiger partial charge in [-0.3, -0.25) is 4.79 Å². The first-order valence-electron chi connectivity index (χ1n) is 8.40. The Bertz CT molecular complexity index is 721. The van der Waals surface area contributed by atoms with E-state index in [9.17, 15) is 9.90 Å². The van der Waals surface area contributed by atoms with Crippen LogP contribution in [-0.4, -0.2) is 10.3 Å². The van der Waals surface area contributed by atoms with Crippen LogP contribution in [0.1, 0.15) is 52.7 Å². The molecular weight excluding hydrogens is 330 g/mol. The Morgan fingerprint density at radius 3 is 1.84 bits per heavy atom. The predicted octanol–water partition coefficient (Wildman–Crippen LogP) is 6.31. The van der Waals surface area contributed by atoms with Crippen molar-refractivity contribution in [3.8, 4) is 5.75 Å². The minimum Gasteiger partial charge on any atom is -0.507 e. The maximum absolute atomic E-state index is 12.4. The summed E-state index contributed by atoms with van der Waals surface area (Å²) < 4.78 is 0. The number of phenols is 1. The van der Waals surface area contributed by atoms with E-state index in [-0.39, 0.29) is 16.1 Å². The van der Waals surface area contributed by atoms with Gasteiger partial charge in [0.05, 0.1) is 0 Å². The molecule has 0 fully saturated rings. The molecule has 0 aromatic heterocycles. The highest BCUT2D eigenvalue weighted by molar-refractivity contribution is 8.13. The summed E-state index contributed by atoms with van der Waals surface area (Å²) in [6, 6.07) is 13.2. The third-order valence-electron chi connectivity index (χ3n) is 3.93. The zero-order valence-corrected chi connectivity index (χ0v) is 16.6. The Hall–Kier alpha value is -1.94. The van der Waals surface area contributed by atoms with Gasteiger partial charge in [-0.2, -0.15) is 0 Å². The lowest BCUT2D eigenvalue weighted by Crippen LogP contribution is -2.17. The molecule has 3 nitrogen and oxygen atoms in total. The fraction of sp³-hybridized carbons (Fsp3) is 0.381. The molecule has 0 heterocycles. The minimum absolute atomic E-state index is 0.142. The van der Waals surface area contributed by atoms with Gasteiger partial charge in [0.1, 0.15) is 5.75 Å². The molecule has 2 rings (SSSR count). The van der Waals surface area contributed by atoms with Gasteiger partial charge >= 0.3 is 0 Å². The Morgan fingerprint density at radius 2 is 1.40 bits per heavy atom. The largest absolute Gasteiger partial charge is 0.507 e. The van der Waals surface area contributed by atoms with Crippen molar-refractivity contribution in [2.24, 2.45) is 0 Å². The maximum atomic E-state index is 12.4. The first-order chi connectivity index (χ1) is 11.5. The number of phenolic OH excluding ortho intramolecular Hbond substituents is 1. The number of para-hydroxylation sites is 1. The molecule has 134 valence electrons. The molecular formula is C21H27NO2S. The van der Waals surface area contributed by atoms with Gasteiger partial charge in [0.25, 0.3) is 5.24 Å². The van der Waals surface area contributed by atoms with Crippen LogP contribution in [0, 0.1) is 0 Å². The number of carbonyl (C=O) groups excluding carboxylic acids is 1. The van der Waals surface area contributed by atoms with Gasteiger partial charge in [-0.25, -0.2) is 0 Å². The molecule has 0 aliphatic carbocycles. The number of aromatic hydroxyl groups is 1. The monoisotopic (exact) mass is 357 g/mol. The molecule has 2 N–H and O–H groups in total. The Labute approximate surface area is 154 Å². The lowest BCUT2D eigenvalue weighted by atomic mass is 9.79.